The highest BCUT2D eigenvalue weighted by Gasteiger charge is 2.42. The zero-order valence-corrected chi connectivity index (χ0v) is 16.5. The van der Waals surface area contributed by atoms with Crippen molar-refractivity contribution < 1.29 is 9.53 Å². The molecule has 2 saturated carbocycles. The van der Waals surface area contributed by atoms with Crippen LogP contribution in [0.25, 0.3) is 0 Å². The summed E-state index contributed by atoms with van der Waals surface area (Å²) in [6.07, 6.45) is 8.11. The zero-order chi connectivity index (χ0) is 15.6. The standard InChI is InChI=1S/C16H28N4O2.HI/c1-20(2)14(21)11-17-15(18-12-4-5-12)19-13-6-9-22-16(10-13)7-3-8-16;/h12-13H,3-11H2,1-2H3,(H2,17,18,19);1H. The van der Waals surface area contributed by atoms with Gasteiger partial charge in [0.1, 0.15) is 6.54 Å². The van der Waals surface area contributed by atoms with Crippen molar-refractivity contribution in [1.29, 1.82) is 0 Å². The normalized spacial score (nSPS) is 26.0. The topological polar surface area (TPSA) is 66.0 Å². The molecule has 6 nitrogen and oxygen atoms in total. The number of aliphatic imine (C=N–C) groups is 1. The van der Waals surface area contributed by atoms with Gasteiger partial charge < -0.3 is 20.3 Å². The number of halogens is 1. The van der Waals surface area contributed by atoms with E-state index in [9.17, 15) is 4.79 Å². The van der Waals surface area contributed by atoms with Crippen molar-refractivity contribution in [3.8, 4) is 0 Å². The van der Waals surface area contributed by atoms with E-state index in [0.29, 0.717) is 12.1 Å². The molecule has 0 aromatic carbocycles. The maximum atomic E-state index is 11.7. The van der Waals surface area contributed by atoms with Crippen molar-refractivity contribution in [1.82, 2.24) is 15.5 Å². The summed E-state index contributed by atoms with van der Waals surface area (Å²) < 4.78 is 5.98. The number of hydrogen-bond donors (Lipinski definition) is 2. The first-order valence-electron chi connectivity index (χ1n) is 8.48. The molecule has 1 aliphatic heterocycles. The first-order valence-corrected chi connectivity index (χ1v) is 8.48. The van der Waals surface area contributed by atoms with E-state index in [2.05, 4.69) is 15.6 Å². The number of amides is 1. The third kappa shape index (κ3) is 5.20. The average Bonchev–Trinajstić information content (AvgIpc) is 3.27. The quantitative estimate of drug-likeness (QED) is 0.398. The summed E-state index contributed by atoms with van der Waals surface area (Å²) in [4.78, 5) is 17.8. The highest BCUT2D eigenvalue weighted by Crippen LogP contribution is 2.42. The number of nitrogens with zero attached hydrogens (tertiary/aromatic N) is 2. The molecule has 1 unspecified atom stereocenters. The molecule has 7 heteroatoms. The van der Waals surface area contributed by atoms with Gasteiger partial charge in [0.05, 0.1) is 5.60 Å². The minimum absolute atomic E-state index is 0. The van der Waals surface area contributed by atoms with E-state index in [4.69, 9.17) is 4.74 Å². The van der Waals surface area contributed by atoms with Gasteiger partial charge in [-0.1, -0.05) is 0 Å². The lowest BCUT2D eigenvalue weighted by atomic mass is 9.74. The van der Waals surface area contributed by atoms with Crippen LogP contribution < -0.4 is 10.6 Å². The van der Waals surface area contributed by atoms with E-state index >= 15 is 0 Å². The van der Waals surface area contributed by atoms with Gasteiger partial charge in [0.2, 0.25) is 5.91 Å². The molecule has 1 atom stereocenters. The van der Waals surface area contributed by atoms with Gasteiger partial charge in [0.25, 0.3) is 0 Å². The monoisotopic (exact) mass is 436 g/mol. The van der Waals surface area contributed by atoms with Gasteiger partial charge in [-0.05, 0) is 44.9 Å². The minimum atomic E-state index is 0. The molecule has 2 aliphatic carbocycles. The fourth-order valence-electron chi connectivity index (χ4n) is 3.11. The van der Waals surface area contributed by atoms with Gasteiger partial charge in [0.15, 0.2) is 5.96 Å². The number of hydrogen-bond acceptors (Lipinski definition) is 3. The highest BCUT2D eigenvalue weighted by molar-refractivity contribution is 14.0. The van der Waals surface area contributed by atoms with Crippen molar-refractivity contribution in [2.75, 3.05) is 27.2 Å². The predicted molar refractivity (Wildman–Crippen MR) is 101 cm³/mol. The number of ether oxygens (including phenoxy) is 1. The Morgan fingerprint density at radius 1 is 1.22 bits per heavy atom. The predicted octanol–water partition coefficient (Wildman–Crippen LogP) is 1.49. The van der Waals surface area contributed by atoms with Crippen molar-refractivity contribution in [3.63, 3.8) is 0 Å². The molecule has 23 heavy (non-hydrogen) atoms. The van der Waals surface area contributed by atoms with Crippen LogP contribution in [0.4, 0.5) is 0 Å². The number of carbonyl (C=O) groups is 1. The molecule has 2 N–H and O–H groups in total. The second kappa shape index (κ2) is 8.00. The zero-order valence-electron chi connectivity index (χ0n) is 14.1. The van der Waals surface area contributed by atoms with Gasteiger partial charge >= 0.3 is 0 Å². The summed E-state index contributed by atoms with van der Waals surface area (Å²) in [7, 11) is 3.52. The number of rotatable bonds is 4. The molecule has 0 radical (unpaired) electrons. The van der Waals surface area contributed by atoms with Gasteiger partial charge in [-0.15, -0.1) is 24.0 Å². The van der Waals surface area contributed by atoms with E-state index in [0.717, 1.165) is 25.4 Å². The smallest absolute Gasteiger partial charge is 0.243 e. The summed E-state index contributed by atoms with van der Waals surface area (Å²) in [6, 6.07) is 0.923. The van der Waals surface area contributed by atoms with Crippen LogP contribution in [0.15, 0.2) is 4.99 Å². The van der Waals surface area contributed by atoms with Crippen LogP contribution >= 0.6 is 24.0 Å². The molecule has 132 valence electrons. The number of carbonyl (C=O) groups excluding carboxylic acids is 1. The third-order valence-corrected chi connectivity index (χ3v) is 4.89. The average molecular weight is 436 g/mol. The van der Waals surface area contributed by atoms with Crippen LogP contribution in [-0.2, 0) is 9.53 Å². The molecule has 3 aliphatic rings. The lowest BCUT2D eigenvalue weighted by molar-refractivity contribution is -0.134. The molecule has 1 heterocycles. The molecular weight excluding hydrogens is 407 g/mol. The molecule has 3 fully saturated rings. The molecule has 0 aromatic rings. The Morgan fingerprint density at radius 3 is 2.48 bits per heavy atom. The SMILES string of the molecule is CN(C)C(=O)CN=C(NC1CC1)NC1CCOC2(CCC2)C1.I. The first-order chi connectivity index (χ1) is 10.6. The van der Waals surface area contributed by atoms with E-state index in [1.165, 1.54) is 32.1 Å². The van der Waals surface area contributed by atoms with Crippen LogP contribution in [0.3, 0.4) is 0 Å². The van der Waals surface area contributed by atoms with Gasteiger partial charge in [-0.3, -0.25) is 4.79 Å². The first kappa shape index (κ1) is 18.8. The molecule has 3 rings (SSSR count). The Hall–Kier alpha value is -0.570. The van der Waals surface area contributed by atoms with Crippen LogP contribution in [0.1, 0.15) is 44.9 Å². The Morgan fingerprint density at radius 2 is 1.91 bits per heavy atom. The Balaban J connectivity index is 0.00000192. The fraction of sp³-hybridized carbons (Fsp3) is 0.875. The largest absolute Gasteiger partial charge is 0.375 e. The van der Waals surface area contributed by atoms with Crippen LogP contribution in [0.2, 0.25) is 0 Å². The molecule has 0 bridgehead atoms. The van der Waals surface area contributed by atoms with Crippen LogP contribution in [-0.4, -0.2) is 61.7 Å². The molecule has 1 saturated heterocycles. The van der Waals surface area contributed by atoms with E-state index in [-0.39, 0.29) is 42.0 Å². The minimum Gasteiger partial charge on any atom is -0.375 e. The molecule has 1 amide bonds. The van der Waals surface area contributed by atoms with Crippen molar-refractivity contribution in [2.24, 2.45) is 4.99 Å². The summed E-state index contributed by atoms with van der Waals surface area (Å²) in [5, 5.41) is 6.96. The third-order valence-electron chi connectivity index (χ3n) is 4.89. The summed E-state index contributed by atoms with van der Waals surface area (Å²) in [5.41, 5.74) is 0.125. The lowest BCUT2D eigenvalue weighted by Crippen LogP contribution is -2.54. The second-order valence-electron chi connectivity index (χ2n) is 7.09. The van der Waals surface area contributed by atoms with Crippen molar-refractivity contribution in [2.45, 2.75) is 62.6 Å². The summed E-state index contributed by atoms with van der Waals surface area (Å²) >= 11 is 0. The Labute approximate surface area is 155 Å². The summed E-state index contributed by atoms with van der Waals surface area (Å²) in [6.45, 7) is 1.02. The number of nitrogens with one attached hydrogen (secondary N) is 2. The fourth-order valence-corrected chi connectivity index (χ4v) is 3.11. The highest BCUT2D eigenvalue weighted by atomic mass is 127. The number of likely N-dealkylation sites (N-methyl/N-ethyl adjacent to an activating group) is 1. The van der Waals surface area contributed by atoms with Crippen LogP contribution in [0, 0.1) is 0 Å². The maximum Gasteiger partial charge on any atom is 0.243 e. The van der Waals surface area contributed by atoms with Gasteiger partial charge in [-0.2, -0.15) is 0 Å². The van der Waals surface area contributed by atoms with E-state index in [1.807, 2.05) is 0 Å². The Kier molecular flexibility index (Phi) is 6.53. The lowest BCUT2D eigenvalue weighted by Gasteiger charge is -2.47. The Bertz CT molecular complexity index is 447. The van der Waals surface area contributed by atoms with Crippen molar-refractivity contribution >= 4 is 35.8 Å². The second-order valence-corrected chi connectivity index (χ2v) is 7.09. The van der Waals surface area contributed by atoms with E-state index < -0.39 is 0 Å². The van der Waals surface area contributed by atoms with Crippen LogP contribution in [0.5, 0.6) is 0 Å². The molecule has 0 aromatic heterocycles. The number of guanidine groups is 1. The summed E-state index contributed by atoms with van der Waals surface area (Å²) in [5.74, 6) is 0.818. The van der Waals surface area contributed by atoms with Gasteiger partial charge in [0, 0.05) is 32.8 Å². The maximum absolute atomic E-state index is 11.7. The molecular formula is C16H29IN4O2. The van der Waals surface area contributed by atoms with E-state index in [1.54, 1.807) is 19.0 Å². The molecule has 1 spiro atoms. The van der Waals surface area contributed by atoms with Gasteiger partial charge in [-0.25, -0.2) is 4.99 Å². The van der Waals surface area contributed by atoms with Crippen molar-refractivity contribution in [3.05, 3.63) is 0 Å².